The predicted molar refractivity (Wildman–Crippen MR) is 84.3 cm³/mol. The fraction of sp³-hybridized carbons (Fsp3) is 0.611. The van der Waals surface area contributed by atoms with E-state index in [9.17, 15) is 4.79 Å². The molecular formula is C18H27NO. The second-order valence-corrected chi connectivity index (χ2v) is 7.14. The number of piperidine rings is 1. The smallest absolute Gasteiger partial charge is 0.176 e. The number of carbonyl (C=O) groups is 1. The van der Waals surface area contributed by atoms with E-state index in [0.29, 0.717) is 17.9 Å². The summed E-state index contributed by atoms with van der Waals surface area (Å²) in [6.07, 6.45) is 2.37. The molecule has 1 fully saturated rings. The Labute approximate surface area is 123 Å². The van der Waals surface area contributed by atoms with Crippen LogP contribution in [0.15, 0.2) is 24.3 Å². The summed E-state index contributed by atoms with van der Waals surface area (Å²) in [5.41, 5.74) is 2.58. The summed E-state index contributed by atoms with van der Waals surface area (Å²) in [6, 6.07) is 8.12. The molecular weight excluding hydrogens is 246 g/mol. The standard InChI is InChI=1S/C18H27NO/c1-14(2)15-5-7-16(8-6-15)17(20)13-19-11-9-18(3,4)10-12-19/h5-8,14H,9-13H2,1-4H3. The number of nitrogens with zero attached hydrogens (tertiary/aromatic N) is 1. The van der Waals surface area contributed by atoms with Crippen LogP contribution in [-0.4, -0.2) is 30.3 Å². The van der Waals surface area contributed by atoms with Crippen LogP contribution in [0.4, 0.5) is 0 Å². The summed E-state index contributed by atoms with van der Waals surface area (Å²) in [5, 5.41) is 0. The predicted octanol–water partition coefficient (Wildman–Crippen LogP) is 4.11. The van der Waals surface area contributed by atoms with Crippen molar-refractivity contribution in [3.63, 3.8) is 0 Å². The zero-order chi connectivity index (χ0) is 14.8. The van der Waals surface area contributed by atoms with Gasteiger partial charge in [0.15, 0.2) is 5.78 Å². The normalized spacial score (nSPS) is 19.2. The van der Waals surface area contributed by atoms with E-state index < -0.39 is 0 Å². The molecule has 1 aliphatic heterocycles. The van der Waals surface area contributed by atoms with Crippen molar-refractivity contribution >= 4 is 5.78 Å². The summed E-state index contributed by atoms with van der Waals surface area (Å²) < 4.78 is 0. The zero-order valence-corrected chi connectivity index (χ0v) is 13.3. The molecule has 0 bridgehead atoms. The van der Waals surface area contributed by atoms with Crippen LogP contribution in [0.5, 0.6) is 0 Å². The number of hydrogen-bond donors (Lipinski definition) is 0. The molecule has 1 saturated heterocycles. The summed E-state index contributed by atoms with van der Waals surface area (Å²) in [4.78, 5) is 14.6. The molecule has 0 amide bonds. The molecule has 1 aliphatic rings. The summed E-state index contributed by atoms with van der Waals surface area (Å²) in [6.45, 7) is 11.6. The minimum atomic E-state index is 0.250. The number of carbonyl (C=O) groups excluding carboxylic acids is 1. The van der Waals surface area contributed by atoms with Gasteiger partial charge in [-0.15, -0.1) is 0 Å². The van der Waals surface area contributed by atoms with Gasteiger partial charge < -0.3 is 0 Å². The van der Waals surface area contributed by atoms with Gasteiger partial charge in [0.1, 0.15) is 0 Å². The molecule has 1 heterocycles. The van der Waals surface area contributed by atoms with Gasteiger partial charge in [-0.3, -0.25) is 9.69 Å². The number of benzene rings is 1. The Morgan fingerprint density at radius 3 is 2.20 bits per heavy atom. The van der Waals surface area contributed by atoms with Gasteiger partial charge in [-0.1, -0.05) is 52.0 Å². The second-order valence-electron chi connectivity index (χ2n) is 7.14. The highest BCUT2D eigenvalue weighted by Gasteiger charge is 2.26. The summed E-state index contributed by atoms with van der Waals surface area (Å²) >= 11 is 0. The molecule has 0 unspecified atom stereocenters. The number of likely N-dealkylation sites (tertiary alicyclic amines) is 1. The Hall–Kier alpha value is -1.15. The molecule has 20 heavy (non-hydrogen) atoms. The average Bonchev–Trinajstić information content (AvgIpc) is 2.41. The van der Waals surface area contributed by atoms with Crippen LogP contribution >= 0.6 is 0 Å². The highest BCUT2D eigenvalue weighted by molar-refractivity contribution is 5.97. The summed E-state index contributed by atoms with van der Waals surface area (Å²) in [5.74, 6) is 0.767. The van der Waals surface area contributed by atoms with E-state index in [1.807, 2.05) is 12.1 Å². The van der Waals surface area contributed by atoms with Gasteiger partial charge in [0, 0.05) is 5.56 Å². The lowest BCUT2D eigenvalue weighted by Gasteiger charge is -2.36. The number of Topliss-reactive ketones (excluding diaryl/α,β-unsaturated/α-hetero) is 1. The Kier molecular flexibility index (Phi) is 4.64. The fourth-order valence-corrected chi connectivity index (χ4v) is 2.66. The third-order valence-corrected chi connectivity index (χ3v) is 4.48. The van der Waals surface area contributed by atoms with Gasteiger partial charge in [-0.25, -0.2) is 0 Å². The molecule has 0 atom stereocenters. The van der Waals surface area contributed by atoms with Crippen molar-refractivity contribution in [3.05, 3.63) is 35.4 Å². The van der Waals surface area contributed by atoms with E-state index in [4.69, 9.17) is 0 Å². The number of rotatable bonds is 4. The van der Waals surface area contributed by atoms with E-state index in [2.05, 4.69) is 44.7 Å². The second kappa shape index (κ2) is 6.09. The lowest BCUT2D eigenvalue weighted by Crippen LogP contribution is -2.40. The quantitative estimate of drug-likeness (QED) is 0.769. The lowest BCUT2D eigenvalue weighted by molar-refractivity contribution is 0.0845. The molecule has 0 aliphatic carbocycles. The van der Waals surface area contributed by atoms with Crippen molar-refractivity contribution < 1.29 is 4.79 Å². The Balaban J connectivity index is 1.92. The van der Waals surface area contributed by atoms with Gasteiger partial charge in [0.05, 0.1) is 6.54 Å². The number of ketones is 1. The van der Waals surface area contributed by atoms with Crippen molar-refractivity contribution in [2.45, 2.75) is 46.5 Å². The van der Waals surface area contributed by atoms with Gasteiger partial charge in [0.2, 0.25) is 0 Å². The van der Waals surface area contributed by atoms with Crippen LogP contribution in [0.2, 0.25) is 0 Å². The monoisotopic (exact) mass is 273 g/mol. The topological polar surface area (TPSA) is 20.3 Å². The van der Waals surface area contributed by atoms with Gasteiger partial charge in [-0.05, 0) is 42.8 Å². The van der Waals surface area contributed by atoms with Crippen LogP contribution in [0, 0.1) is 5.41 Å². The maximum atomic E-state index is 12.3. The van der Waals surface area contributed by atoms with E-state index in [1.54, 1.807) is 0 Å². The molecule has 0 spiro atoms. The first-order valence-electron chi connectivity index (χ1n) is 7.73. The average molecular weight is 273 g/mol. The first kappa shape index (κ1) is 15.2. The van der Waals surface area contributed by atoms with E-state index >= 15 is 0 Å². The third-order valence-electron chi connectivity index (χ3n) is 4.48. The van der Waals surface area contributed by atoms with Crippen LogP contribution in [0.25, 0.3) is 0 Å². The van der Waals surface area contributed by atoms with Crippen molar-refractivity contribution in [1.82, 2.24) is 4.90 Å². The minimum Gasteiger partial charge on any atom is -0.296 e. The first-order chi connectivity index (χ1) is 9.37. The first-order valence-corrected chi connectivity index (χ1v) is 7.73. The van der Waals surface area contributed by atoms with Crippen LogP contribution < -0.4 is 0 Å². The highest BCUT2D eigenvalue weighted by atomic mass is 16.1. The van der Waals surface area contributed by atoms with Crippen molar-refractivity contribution in [3.8, 4) is 0 Å². The molecule has 2 rings (SSSR count). The molecule has 110 valence electrons. The third kappa shape index (κ3) is 3.92. The van der Waals surface area contributed by atoms with Gasteiger partial charge in [-0.2, -0.15) is 0 Å². The SMILES string of the molecule is CC(C)c1ccc(C(=O)CN2CCC(C)(C)CC2)cc1. The van der Waals surface area contributed by atoms with Crippen molar-refractivity contribution in [2.24, 2.45) is 5.41 Å². The molecule has 1 aromatic carbocycles. The van der Waals surface area contributed by atoms with E-state index in [1.165, 1.54) is 18.4 Å². The molecule has 1 aromatic rings. The van der Waals surface area contributed by atoms with Gasteiger partial charge >= 0.3 is 0 Å². The van der Waals surface area contributed by atoms with Crippen LogP contribution in [0.3, 0.4) is 0 Å². The zero-order valence-electron chi connectivity index (χ0n) is 13.3. The molecule has 0 N–H and O–H groups in total. The number of hydrogen-bond acceptors (Lipinski definition) is 2. The fourth-order valence-electron chi connectivity index (χ4n) is 2.66. The Morgan fingerprint density at radius 2 is 1.70 bits per heavy atom. The minimum absolute atomic E-state index is 0.250. The molecule has 0 saturated carbocycles. The molecule has 0 aromatic heterocycles. The van der Waals surface area contributed by atoms with Crippen molar-refractivity contribution in [1.29, 1.82) is 0 Å². The molecule has 0 radical (unpaired) electrons. The molecule has 2 heteroatoms. The largest absolute Gasteiger partial charge is 0.296 e. The Morgan fingerprint density at radius 1 is 1.15 bits per heavy atom. The maximum absolute atomic E-state index is 12.3. The summed E-state index contributed by atoms with van der Waals surface area (Å²) in [7, 11) is 0. The van der Waals surface area contributed by atoms with E-state index in [-0.39, 0.29) is 5.78 Å². The van der Waals surface area contributed by atoms with E-state index in [0.717, 1.165) is 18.7 Å². The highest BCUT2D eigenvalue weighted by Crippen LogP contribution is 2.29. The van der Waals surface area contributed by atoms with Gasteiger partial charge in [0.25, 0.3) is 0 Å². The molecule has 2 nitrogen and oxygen atoms in total. The lowest BCUT2D eigenvalue weighted by atomic mass is 9.82. The Bertz CT molecular complexity index is 449. The van der Waals surface area contributed by atoms with Crippen molar-refractivity contribution in [2.75, 3.05) is 19.6 Å². The van der Waals surface area contributed by atoms with Crippen LogP contribution in [-0.2, 0) is 0 Å². The maximum Gasteiger partial charge on any atom is 0.176 e. The van der Waals surface area contributed by atoms with Crippen LogP contribution in [0.1, 0.15) is 62.4 Å².